The van der Waals surface area contributed by atoms with Crippen molar-refractivity contribution in [2.45, 2.75) is 54.7 Å². The Bertz CT molecular complexity index is 2280. The molecule has 0 bridgehead atoms. The summed E-state index contributed by atoms with van der Waals surface area (Å²) in [5.74, 6) is -4.79. The molecule has 436 valence electrons. The van der Waals surface area contributed by atoms with E-state index in [9.17, 15) is 79.2 Å². The summed E-state index contributed by atoms with van der Waals surface area (Å²) in [5.41, 5.74) is 4.18. The Labute approximate surface area is 451 Å². The fourth-order valence-electron chi connectivity index (χ4n) is 7.99. The molecule has 0 radical (unpaired) electrons. The highest BCUT2D eigenvalue weighted by Crippen LogP contribution is 2.44. The van der Waals surface area contributed by atoms with Crippen LogP contribution in [0, 0.1) is 0 Å². The molecule has 0 spiro atoms. The molecular formula is C50H77N9O19. The first kappa shape index (κ1) is 65.8. The lowest BCUT2D eigenvalue weighted by Crippen LogP contribution is -2.54. The van der Waals surface area contributed by atoms with Gasteiger partial charge in [-0.2, -0.15) is 0 Å². The Morgan fingerprint density at radius 1 is 0.462 bits per heavy atom. The number of nitrogens with zero attached hydrogens (tertiary/aromatic N) is 8. The van der Waals surface area contributed by atoms with E-state index in [2.05, 4.69) is 5.32 Å². The second-order valence-corrected chi connectivity index (χ2v) is 19.4. The van der Waals surface area contributed by atoms with Crippen molar-refractivity contribution >= 4 is 47.4 Å². The minimum atomic E-state index is -2.02. The minimum Gasteiger partial charge on any atom is -0.448 e. The zero-order valence-corrected chi connectivity index (χ0v) is 44.9. The van der Waals surface area contributed by atoms with Crippen molar-refractivity contribution in [3.8, 4) is 11.1 Å². The SMILES string of the molecule is CN(CC(=O)NCCN(C[C@@H](O)[C@H](O)[C@@H](O)[C@@H](O)CO)C[C@@H](O)[C@H](O)[C@@H](O)[C@@H](O)CO)C(=O)CN(C)C(=O)CN(C)C(=O)CN(C)C(=O)CN(C)C(=O)CN(C)C(=O)CN(C)C(=O)OCC1c2ccccc2-c2ccccc21. The molecule has 11 N–H and O–H groups in total. The molecule has 28 heteroatoms. The van der Waals surface area contributed by atoms with Crippen LogP contribution in [0.1, 0.15) is 17.0 Å². The van der Waals surface area contributed by atoms with Gasteiger partial charge in [-0.15, -0.1) is 0 Å². The molecular weight excluding hydrogens is 1030 g/mol. The van der Waals surface area contributed by atoms with Crippen LogP contribution in [-0.4, -0.2) is 328 Å². The number of aliphatic hydroxyl groups excluding tert-OH is 10. The van der Waals surface area contributed by atoms with Crippen molar-refractivity contribution in [1.82, 2.24) is 44.5 Å². The molecule has 28 nitrogen and oxygen atoms in total. The Morgan fingerprint density at radius 3 is 1.12 bits per heavy atom. The van der Waals surface area contributed by atoms with E-state index in [1.54, 1.807) is 0 Å². The molecule has 1 aliphatic rings. The minimum absolute atomic E-state index is 0.0502. The molecule has 0 fully saturated rings. The Kier molecular flexibility index (Phi) is 26.4. The van der Waals surface area contributed by atoms with Gasteiger partial charge in [0.05, 0.1) is 64.7 Å². The maximum atomic E-state index is 13.0. The number of fused-ring (bicyclic) bond motifs is 3. The van der Waals surface area contributed by atoms with Gasteiger partial charge in [0, 0.05) is 81.4 Å². The lowest BCUT2D eigenvalue weighted by atomic mass is 9.98. The largest absolute Gasteiger partial charge is 0.448 e. The summed E-state index contributed by atoms with van der Waals surface area (Å²) in [6.45, 7) is -6.88. The fraction of sp³-hybridized carbons (Fsp3) is 0.600. The van der Waals surface area contributed by atoms with Crippen LogP contribution in [0.3, 0.4) is 0 Å². The number of amides is 8. The van der Waals surface area contributed by atoms with Gasteiger partial charge in [-0.25, -0.2) is 4.79 Å². The quantitative estimate of drug-likeness (QED) is 0.0334. The molecule has 0 aliphatic heterocycles. The van der Waals surface area contributed by atoms with E-state index in [-0.39, 0.29) is 25.6 Å². The van der Waals surface area contributed by atoms with Crippen molar-refractivity contribution in [2.75, 3.05) is 141 Å². The number of carbonyl (C=O) groups is 8. The molecule has 0 saturated carbocycles. The van der Waals surface area contributed by atoms with Crippen LogP contribution in [0.15, 0.2) is 48.5 Å². The van der Waals surface area contributed by atoms with E-state index < -0.39 is 168 Å². The highest BCUT2D eigenvalue weighted by molar-refractivity contribution is 5.92. The van der Waals surface area contributed by atoms with Gasteiger partial charge in [-0.3, -0.25) is 38.5 Å². The number of nitrogens with one attached hydrogen (secondary N) is 1. The average Bonchev–Trinajstić information content (AvgIpc) is 3.77. The maximum absolute atomic E-state index is 13.0. The predicted octanol–water partition coefficient (Wildman–Crippen LogP) is -7.09. The van der Waals surface area contributed by atoms with E-state index >= 15 is 0 Å². The van der Waals surface area contributed by atoms with Crippen LogP contribution in [-0.2, 0) is 38.3 Å². The van der Waals surface area contributed by atoms with Gasteiger partial charge in [-0.1, -0.05) is 48.5 Å². The van der Waals surface area contributed by atoms with Gasteiger partial charge >= 0.3 is 6.09 Å². The van der Waals surface area contributed by atoms with Crippen LogP contribution >= 0.6 is 0 Å². The van der Waals surface area contributed by atoms with Crippen molar-refractivity contribution in [2.24, 2.45) is 0 Å². The lowest BCUT2D eigenvalue weighted by molar-refractivity contribution is -0.145. The predicted molar refractivity (Wildman–Crippen MR) is 275 cm³/mol. The molecule has 2 aromatic rings. The molecule has 8 amide bonds. The van der Waals surface area contributed by atoms with Crippen LogP contribution < -0.4 is 5.32 Å². The first-order chi connectivity index (χ1) is 36.6. The summed E-state index contributed by atoms with van der Waals surface area (Å²) in [4.78, 5) is 112. The molecule has 0 saturated heterocycles. The number of ether oxygens (including phenoxy) is 1. The number of aliphatic hydroxyl groups is 10. The van der Waals surface area contributed by atoms with Crippen molar-refractivity contribution in [3.05, 3.63) is 59.7 Å². The van der Waals surface area contributed by atoms with E-state index in [1.165, 1.54) is 54.2 Å². The topological polar surface area (TPSA) is 386 Å². The molecule has 2 aromatic carbocycles. The van der Waals surface area contributed by atoms with Gasteiger partial charge < -0.3 is 95.4 Å². The maximum Gasteiger partial charge on any atom is 0.409 e. The Balaban J connectivity index is 1.41. The van der Waals surface area contributed by atoms with Crippen LogP contribution in [0.4, 0.5) is 4.79 Å². The zero-order chi connectivity index (χ0) is 58.7. The third-order valence-corrected chi connectivity index (χ3v) is 13.1. The van der Waals surface area contributed by atoms with Crippen LogP contribution in [0.5, 0.6) is 0 Å². The number of benzene rings is 2. The highest BCUT2D eigenvalue weighted by Gasteiger charge is 2.35. The first-order valence-corrected chi connectivity index (χ1v) is 24.8. The number of hydrogen-bond donors (Lipinski definition) is 11. The first-order valence-electron chi connectivity index (χ1n) is 24.8. The van der Waals surface area contributed by atoms with E-state index in [0.717, 1.165) is 56.6 Å². The van der Waals surface area contributed by atoms with E-state index in [1.807, 2.05) is 48.5 Å². The van der Waals surface area contributed by atoms with Crippen LogP contribution in [0.2, 0.25) is 0 Å². The Hall–Kier alpha value is -6.44. The molecule has 0 heterocycles. The summed E-state index contributed by atoms with van der Waals surface area (Å²) >= 11 is 0. The summed E-state index contributed by atoms with van der Waals surface area (Å²) < 4.78 is 5.61. The van der Waals surface area contributed by atoms with E-state index in [0.29, 0.717) is 0 Å². The zero-order valence-electron chi connectivity index (χ0n) is 44.9. The second-order valence-electron chi connectivity index (χ2n) is 19.4. The number of carbonyl (C=O) groups excluding carboxylic acids is 8. The normalized spacial score (nSPS) is 15.0. The third kappa shape index (κ3) is 19.2. The van der Waals surface area contributed by atoms with Crippen molar-refractivity contribution in [3.63, 3.8) is 0 Å². The number of likely N-dealkylation sites (N-methyl/N-ethyl adjacent to an activating group) is 7. The summed E-state index contributed by atoms with van der Waals surface area (Å²) in [6, 6.07) is 15.7. The Morgan fingerprint density at radius 2 is 0.769 bits per heavy atom. The lowest BCUT2D eigenvalue weighted by Gasteiger charge is -2.33. The van der Waals surface area contributed by atoms with Gasteiger partial charge in [0.25, 0.3) is 0 Å². The van der Waals surface area contributed by atoms with Crippen LogP contribution in [0.25, 0.3) is 11.1 Å². The molecule has 0 aromatic heterocycles. The summed E-state index contributed by atoms with van der Waals surface area (Å²) in [7, 11) is 9.24. The fourth-order valence-corrected chi connectivity index (χ4v) is 7.99. The standard InChI is InChI=1S/C50H77N9O19/c1-52(20-39(66)51-16-17-59(18-35(62)46(73)48(75)37(64)27-60)19-36(63)47(74)49(76)38(65)28-61)40(67)21-53(2)41(68)22-54(3)42(69)23-55(4)43(70)24-56(5)44(71)25-57(6)45(72)26-58(7)50(77)78-29-34-32-14-10-8-12-30(32)31-13-9-11-15-33(31)34/h8-15,34-38,46-49,60-65,73-76H,16-29H2,1-7H3,(H,51,66)/t35-,36-,37+,38+,46+,47+,48+,49+/m1/s1. The average molecular weight is 1110 g/mol. The van der Waals surface area contributed by atoms with E-state index in [4.69, 9.17) is 14.9 Å². The molecule has 0 unspecified atom stereocenters. The molecule has 3 rings (SSSR count). The summed E-state index contributed by atoms with van der Waals surface area (Å²) in [6.07, 6.45) is -16.1. The number of hydrogen-bond acceptors (Lipinski definition) is 20. The summed E-state index contributed by atoms with van der Waals surface area (Å²) in [5, 5.41) is 102. The van der Waals surface area contributed by atoms with Gasteiger partial charge in [-0.05, 0) is 22.3 Å². The van der Waals surface area contributed by atoms with Crippen molar-refractivity contribution in [1.29, 1.82) is 0 Å². The number of rotatable bonds is 31. The third-order valence-electron chi connectivity index (χ3n) is 13.1. The van der Waals surface area contributed by atoms with Gasteiger partial charge in [0.15, 0.2) is 0 Å². The van der Waals surface area contributed by atoms with Gasteiger partial charge in [0.1, 0.15) is 49.8 Å². The molecule has 8 atom stereocenters. The van der Waals surface area contributed by atoms with Gasteiger partial charge in [0.2, 0.25) is 41.4 Å². The monoisotopic (exact) mass is 1110 g/mol. The second kappa shape index (κ2) is 31.2. The smallest absolute Gasteiger partial charge is 0.409 e. The highest BCUT2D eigenvalue weighted by atomic mass is 16.6. The molecule has 1 aliphatic carbocycles. The van der Waals surface area contributed by atoms with Crippen molar-refractivity contribution < 1.29 is 94.2 Å². The molecule has 78 heavy (non-hydrogen) atoms.